The second-order valence-electron chi connectivity index (χ2n) is 10.1. The molecule has 0 bridgehead atoms. The Labute approximate surface area is 215 Å². The molecule has 0 spiro atoms. The van der Waals surface area contributed by atoms with Gasteiger partial charge in [0.15, 0.2) is 6.23 Å². The molecule has 0 heterocycles. The second-order valence-corrected chi connectivity index (χ2v) is 10.1. The maximum atomic E-state index is 12.8. The van der Waals surface area contributed by atoms with Crippen molar-refractivity contribution < 1.29 is 40.2 Å². The Hall–Kier alpha value is -1.24. The zero-order valence-corrected chi connectivity index (χ0v) is 24.8. The molecule has 0 saturated heterocycles. The van der Waals surface area contributed by atoms with Crippen molar-refractivity contribution in [2.45, 2.75) is 99.0 Å². The molecule has 0 aliphatic carbocycles. The maximum Gasteiger partial charge on any atom is 0.294 e. The van der Waals surface area contributed by atoms with Gasteiger partial charge in [0.1, 0.15) is 0 Å². The molecule has 192 valence electrons. The van der Waals surface area contributed by atoms with Crippen LogP contribution in [-0.4, -0.2) is 61.1 Å². The average Bonchev–Trinajstić information content (AvgIpc) is 2.68. The maximum absolute atomic E-state index is 12.8. The van der Waals surface area contributed by atoms with E-state index in [1.54, 1.807) is 18.9 Å². The minimum absolute atomic E-state index is 0. The third-order valence-corrected chi connectivity index (χ3v) is 5.29. The van der Waals surface area contributed by atoms with Gasteiger partial charge in [0.2, 0.25) is 11.8 Å². The SMILES string of the molecule is C/C(=C\[C@H](C(C)C)N(C)C(=O)[C@@H]([NH-])C(C)(C)C)C(=O)NCCCCC(NC(C)C)OC=O.[W]. The Morgan fingerprint density at radius 1 is 1.12 bits per heavy atom. The number of likely N-dealkylation sites (N-methyl/N-ethyl adjacent to an activating group) is 1. The first-order chi connectivity index (χ1) is 14.7. The molecule has 0 aromatic rings. The van der Waals surface area contributed by atoms with Crippen molar-refractivity contribution in [1.82, 2.24) is 15.5 Å². The summed E-state index contributed by atoms with van der Waals surface area (Å²) in [6, 6.07) is -0.930. The van der Waals surface area contributed by atoms with Gasteiger partial charge in [-0.25, -0.2) is 0 Å². The van der Waals surface area contributed by atoms with Gasteiger partial charge in [0, 0.05) is 46.3 Å². The first-order valence-corrected chi connectivity index (χ1v) is 11.5. The summed E-state index contributed by atoms with van der Waals surface area (Å²) in [5.41, 5.74) is 8.35. The van der Waals surface area contributed by atoms with E-state index in [-0.39, 0.29) is 57.1 Å². The molecule has 8 nitrogen and oxygen atoms in total. The minimum Gasteiger partial charge on any atom is -0.666 e. The number of nitrogens with one attached hydrogen (secondary N) is 3. The molecule has 0 saturated carbocycles. The molecule has 2 amide bonds. The first-order valence-electron chi connectivity index (χ1n) is 11.5. The van der Waals surface area contributed by atoms with Gasteiger partial charge in [-0.3, -0.25) is 19.7 Å². The van der Waals surface area contributed by atoms with E-state index in [1.165, 1.54) is 0 Å². The van der Waals surface area contributed by atoms with Gasteiger partial charge in [-0.1, -0.05) is 46.7 Å². The molecule has 0 aliphatic rings. The molecule has 0 aromatic heterocycles. The van der Waals surface area contributed by atoms with Crippen LogP contribution >= 0.6 is 0 Å². The third-order valence-electron chi connectivity index (χ3n) is 5.29. The molecule has 0 fully saturated rings. The Morgan fingerprint density at radius 2 is 1.70 bits per heavy atom. The molecule has 0 rings (SSSR count). The molecule has 0 radical (unpaired) electrons. The summed E-state index contributed by atoms with van der Waals surface area (Å²) < 4.78 is 5.03. The van der Waals surface area contributed by atoms with Crippen molar-refractivity contribution in [3.63, 3.8) is 0 Å². The van der Waals surface area contributed by atoms with Gasteiger partial charge < -0.3 is 20.7 Å². The van der Waals surface area contributed by atoms with Crippen LogP contribution in [0.25, 0.3) is 5.73 Å². The Morgan fingerprint density at radius 3 is 2.15 bits per heavy atom. The third kappa shape index (κ3) is 13.3. The Kier molecular flexibility index (Phi) is 16.9. The van der Waals surface area contributed by atoms with E-state index in [4.69, 9.17) is 10.5 Å². The smallest absolute Gasteiger partial charge is 0.294 e. The van der Waals surface area contributed by atoms with Crippen molar-refractivity contribution in [2.75, 3.05) is 13.6 Å². The summed E-state index contributed by atoms with van der Waals surface area (Å²) in [7, 11) is 1.70. The van der Waals surface area contributed by atoms with Gasteiger partial charge in [0.25, 0.3) is 6.47 Å². The first kappa shape index (κ1) is 33.9. The van der Waals surface area contributed by atoms with Gasteiger partial charge in [-0.05, 0) is 51.4 Å². The fraction of sp³-hybridized carbons (Fsp3) is 0.792. The van der Waals surface area contributed by atoms with Gasteiger partial charge in [-0.15, -0.1) is 0 Å². The summed E-state index contributed by atoms with van der Waals surface area (Å²) >= 11 is 0. The van der Waals surface area contributed by atoms with E-state index < -0.39 is 11.5 Å². The molecule has 0 aromatic carbocycles. The van der Waals surface area contributed by atoms with E-state index >= 15 is 0 Å². The topological polar surface area (TPSA) is 112 Å². The average molecular weight is 637 g/mol. The molecule has 3 atom stereocenters. The standard InChI is InChI=1S/C24H45N4O4.W/c1-16(2)19(28(9)23(31)21(25)24(6,7)8)14-18(5)22(30)26-13-11-10-12-20(32-15-29)27-17(3)4;/h14-17,19-21,25,27H,10-13H2,1-9H3,(H,26,30);/q-1;/b18-14+;/t19-,20?,21-;/m1./s1. The fourth-order valence-electron chi connectivity index (χ4n) is 3.23. The number of nitrogens with zero attached hydrogens (tertiary/aromatic N) is 1. The quantitative estimate of drug-likeness (QED) is 0.131. The molecule has 3 N–H and O–H groups in total. The number of carbonyl (C=O) groups is 3. The van der Waals surface area contributed by atoms with Crippen LogP contribution in [-0.2, 0) is 40.2 Å². The summed E-state index contributed by atoms with van der Waals surface area (Å²) in [5, 5.41) is 6.08. The minimum atomic E-state index is -0.867. The molecule has 33 heavy (non-hydrogen) atoms. The summed E-state index contributed by atoms with van der Waals surface area (Å²) in [5.74, 6) is -0.319. The van der Waals surface area contributed by atoms with Gasteiger partial charge in [-0.2, -0.15) is 0 Å². The largest absolute Gasteiger partial charge is 0.666 e. The number of hydrogen-bond acceptors (Lipinski definition) is 5. The van der Waals surface area contributed by atoms with Crippen molar-refractivity contribution >= 4 is 18.3 Å². The Balaban J connectivity index is 0. The number of unbranched alkanes of at least 4 members (excludes halogenated alkanes) is 1. The van der Waals surface area contributed by atoms with E-state index in [1.807, 2.05) is 54.5 Å². The number of amides is 2. The second kappa shape index (κ2) is 16.4. The fourth-order valence-corrected chi connectivity index (χ4v) is 3.23. The van der Waals surface area contributed by atoms with Crippen LogP contribution in [0.1, 0.15) is 74.7 Å². The normalized spacial score (nSPS) is 14.8. The Bertz CT molecular complexity index is 632. The molecule has 0 aliphatic heterocycles. The van der Waals surface area contributed by atoms with Crippen LogP contribution in [0.4, 0.5) is 0 Å². The van der Waals surface area contributed by atoms with Gasteiger partial charge >= 0.3 is 0 Å². The van der Waals surface area contributed by atoms with Crippen LogP contribution in [0, 0.1) is 11.3 Å². The number of rotatable bonds is 14. The van der Waals surface area contributed by atoms with Crippen LogP contribution < -0.4 is 10.6 Å². The molecule has 1 unspecified atom stereocenters. The van der Waals surface area contributed by atoms with E-state index in [9.17, 15) is 14.4 Å². The van der Waals surface area contributed by atoms with E-state index in [0.29, 0.717) is 25.0 Å². The molecular weight excluding hydrogens is 592 g/mol. The number of carbonyl (C=O) groups excluding carboxylic acids is 3. The summed E-state index contributed by atoms with van der Waals surface area (Å²) in [6.45, 7) is 16.3. The van der Waals surface area contributed by atoms with E-state index in [2.05, 4.69) is 10.6 Å². The zero-order valence-electron chi connectivity index (χ0n) is 21.9. The predicted octanol–water partition coefficient (Wildman–Crippen LogP) is 3.66. The monoisotopic (exact) mass is 637 g/mol. The van der Waals surface area contributed by atoms with Crippen molar-refractivity contribution in [3.05, 3.63) is 17.4 Å². The van der Waals surface area contributed by atoms with Crippen LogP contribution in [0.3, 0.4) is 0 Å². The summed E-state index contributed by atoms with van der Waals surface area (Å²) in [4.78, 5) is 37.5. The van der Waals surface area contributed by atoms with Crippen LogP contribution in [0.5, 0.6) is 0 Å². The van der Waals surface area contributed by atoms with Crippen molar-refractivity contribution in [1.29, 1.82) is 0 Å². The number of hydrogen-bond donors (Lipinski definition) is 2. The van der Waals surface area contributed by atoms with Crippen molar-refractivity contribution in [2.24, 2.45) is 11.3 Å². The molecule has 9 heteroatoms. The van der Waals surface area contributed by atoms with Crippen LogP contribution in [0.15, 0.2) is 11.6 Å². The number of ether oxygens (including phenoxy) is 1. The van der Waals surface area contributed by atoms with Crippen LogP contribution in [0.2, 0.25) is 0 Å². The van der Waals surface area contributed by atoms with Gasteiger partial charge in [0.05, 0.1) is 6.04 Å². The molecular formula is C24H45N4O4W-. The summed E-state index contributed by atoms with van der Waals surface area (Å²) in [6.07, 6.45) is 3.72. The zero-order chi connectivity index (χ0) is 25.1. The van der Waals surface area contributed by atoms with Crippen molar-refractivity contribution in [3.8, 4) is 0 Å². The predicted molar refractivity (Wildman–Crippen MR) is 129 cm³/mol. The van der Waals surface area contributed by atoms with E-state index in [0.717, 1.165) is 12.8 Å².